The molecule has 0 radical (unpaired) electrons. The second kappa shape index (κ2) is 5.74. The molecule has 0 aliphatic heterocycles. The summed E-state index contributed by atoms with van der Waals surface area (Å²) in [5.41, 5.74) is 1.20. The summed E-state index contributed by atoms with van der Waals surface area (Å²) in [6.45, 7) is 4.13. The molecule has 0 aromatic heterocycles. The van der Waals surface area contributed by atoms with Crippen LogP contribution < -0.4 is 0 Å². The van der Waals surface area contributed by atoms with Crippen LogP contribution >= 0.6 is 12.6 Å². The van der Waals surface area contributed by atoms with Crippen LogP contribution in [0.3, 0.4) is 0 Å². The minimum atomic E-state index is -0.389. The van der Waals surface area contributed by atoms with Crippen molar-refractivity contribution in [3.63, 3.8) is 0 Å². The summed E-state index contributed by atoms with van der Waals surface area (Å²) in [7, 11) is 0. The number of carbonyl (C=O) groups excluding carboxylic acids is 1. The van der Waals surface area contributed by atoms with Gasteiger partial charge < -0.3 is 4.74 Å². The van der Waals surface area contributed by atoms with Gasteiger partial charge in [-0.15, -0.1) is 0 Å². The van der Waals surface area contributed by atoms with Crippen LogP contribution in [0.1, 0.15) is 5.56 Å². The third kappa shape index (κ3) is 2.57. The summed E-state index contributed by atoms with van der Waals surface area (Å²) >= 11 is 4.00. The first kappa shape index (κ1) is 12.7. The van der Waals surface area contributed by atoms with Gasteiger partial charge in [0.1, 0.15) is 6.61 Å². The fraction of sp³-hybridized carbons (Fsp3) is 0.133. The standard InChI is InChI=1S/C15H14O2S/c1-11(15(16)17-9-10-18)13-8-4-6-12-5-2-3-7-14(12)13/h2-8,18H,1,9-10H2. The van der Waals surface area contributed by atoms with E-state index >= 15 is 0 Å². The molecule has 0 N–H and O–H groups in total. The number of hydrogen-bond acceptors (Lipinski definition) is 3. The van der Waals surface area contributed by atoms with Crippen molar-refractivity contribution in [1.29, 1.82) is 0 Å². The Bertz CT molecular complexity index is 585. The number of hydrogen-bond donors (Lipinski definition) is 1. The molecule has 2 aromatic rings. The van der Waals surface area contributed by atoms with Crippen molar-refractivity contribution in [2.75, 3.05) is 12.4 Å². The zero-order chi connectivity index (χ0) is 13.0. The van der Waals surface area contributed by atoms with Crippen molar-refractivity contribution in [3.8, 4) is 0 Å². The average Bonchev–Trinajstić information content (AvgIpc) is 2.43. The van der Waals surface area contributed by atoms with Gasteiger partial charge in [0.25, 0.3) is 0 Å². The largest absolute Gasteiger partial charge is 0.461 e. The molecule has 0 saturated heterocycles. The number of carbonyl (C=O) groups is 1. The predicted octanol–water partition coefficient (Wildman–Crippen LogP) is 3.33. The molecule has 3 heteroatoms. The highest BCUT2D eigenvalue weighted by Gasteiger charge is 2.12. The third-order valence-electron chi connectivity index (χ3n) is 2.69. The van der Waals surface area contributed by atoms with Crippen LogP contribution in [0.25, 0.3) is 16.3 Å². The topological polar surface area (TPSA) is 26.3 Å². The van der Waals surface area contributed by atoms with Gasteiger partial charge in [-0.05, 0) is 16.3 Å². The van der Waals surface area contributed by atoms with Crippen LogP contribution in [0.2, 0.25) is 0 Å². The van der Waals surface area contributed by atoms with E-state index in [0.717, 1.165) is 16.3 Å². The minimum absolute atomic E-state index is 0.297. The molecule has 0 atom stereocenters. The van der Waals surface area contributed by atoms with E-state index in [2.05, 4.69) is 19.2 Å². The SMILES string of the molecule is C=C(C(=O)OCCS)c1cccc2ccccc12. The molecule has 2 rings (SSSR count). The first-order valence-electron chi connectivity index (χ1n) is 5.69. The lowest BCUT2D eigenvalue weighted by Crippen LogP contribution is -2.08. The third-order valence-corrected chi connectivity index (χ3v) is 2.87. The first-order valence-corrected chi connectivity index (χ1v) is 6.32. The highest BCUT2D eigenvalue weighted by molar-refractivity contribution is 7.80. The summed E-state index contributed by atoms with van der Waals surface area (Å²) in [5.74, 6) is 0.120. The lowest BCUT2D eigenvalue weighted by molar-refractivity contribution is -0.135. The van der Waals surface area contributed by atoms with Crippen LogP contribution in [-0.4, -0.2) is 18.3 Å². The Balaban J connectivity index is 2.36. The molecule has 92 valence electrons. The Kier molecular flexibility index (Phi) is 4.05. The van der Waals surface area contributed by atoms with Crippen molar-refractivity contribution in [3.05, 3.63) is 54.6 Å². The number of esters is 1. The second-order valence-corrected chi connectivity index (χ2v) is 4.31. The summed E-state index contributed by atoms with van der Waals surface area (Å²) in [6, 6.07) is 13.7. The van der Waals surface area contributed by atoms with Gasteiger partial charge in [-0.1, -0.05) is 49.0 Å². The zero-order valence-electron chi connectivity index (χ0n) is 9.93. The Hall–Kier alpha value is -1.74. The van der Waals surface area contributed by atoms with Crippen molar-refractivity contribution in [1.82, 2.24) is 0 Å². The molecular weight excluding hydrogens is 244 g/mol. The summed E-state index contributed by atoms with van der Waals surface area (Å²) in [6.07, 6.45) is 0. The maximum Gasteiger partial charge on any atom is 0.338 e. The minimum Gasteiger partial charge on any atom is -0.461 e. The Morgan fingerprint density at radius 1 is 1.17 bits per heavy atom. The van der Waals surface area contributed by atoms with Crippen molar-refractivity contribution in [2.45, 2.75) is 0 Å². The molecule has 0 aliphatic carbocycles. The lowest BCUT2D eigenvalue weighted by Gasteiger charge is -2.09. The van der Waals surface area contributed by atoms with Crippen molar-refractivity contribution in [2.24, 2.45) is 0 Å². The van der Waals surface area contributed by atoms with Crippen LogP contribution in [-0.2, 0) is 9.53 Å². The Labute approximate surface area is 112 Å². The van der Waals surface area contributed by atoms with Crippen LogP contribution in [0.15, 0.2) is 49.0 Å². The summed E-state index contributed by atoms with van der Waals surface area (Å²) < 4.78 is 5.04. The zero-order valence-corrected chi connectivity index (χ0v) is 10.8. The molecule has 2 aromatic carbocycles. The highest BCUT2D eigenvalue weighted by atomic mass is 32.1. The van der Waals surface area contributed by atoms with E-state index in [4.69, 9.17) is 4.74 Å². The molecule has 18 heavy (non-hydrogen) atoms. The van der Waals surface area contributed by atoms with Gasteiger partial charge in [0, 0.05) is 5.75 Å². The highest BCUT2D eigenvalue weighted by Crippen LogP contribution is 2.24. The quantitative estimate of drug-likeness (QED) is 0.517. The van der Waals surface area contributed by atoms with Gasteiger partial charge in [-0.25, -0.2) is 4.79 Å². The van der Waals surface area contributed by atoms with Gasteiger partial charge in [-0.3, -0.25) is 0 Å². The number of ether oxygens (including phenoxy) is 1. The van der Waals surface area contributed by atoms with Gasteiger partial charge in [0.15, 0.2) is 0 Å². The van der Waals surface area contributed by atoms with E-state index in [0.29, 0.717) is 17.9 Å². The summed E-state index contributed by atoms with van der Waals surface area (Å²) in [5, 5.41) is 2.09. The summed E-state index contributed by atoms with van der Waals surface area (Å²) in [4.78, 5) is 11.8. The van der Waals surface area contributed by atoms with Gasteiger partial charge in [0.2, 0.25) is 0 Å². The number of thiol groups is 1. The number of fused-ring (bicyclic) bond motifs is 1. The lowest BCUT2D eigenvalue weighted by atomic mass is 9.99. The van der Waals surface area contributed by atoms with Gasteiger partial charge in [-0.2, -0.15) is 12.6 Å². The van der Waals surface area contributed by atoms with E-state index in [-0.39, 0.29) is 5.97 Å². The van der Waals surface area contributed by atoms with Crippen LogP contribution in [0.4, 0.5) is 0 Å². The fourth-order valence-corrected chi connectivity index (χ4v) is 1.92. The smallest absolute Gasteiger partial charge is 0.338 e. The number of benzene rings is 2. The molecule has 0 bridgehead atoms. The average molecular weight is 258 g/mol. The molecule has 0 amide bonds. The molecule has 0 unspecified atom stereocenters. The van der Waals surface area contributed by atoms with Crippen LogP contribution in [0, 0.1) is 0 Å². The molecule has 0 fully saturated rings. The fourth-order valence-electron chi connectivity index (χ4n) is 1.82. The number of rotatable bonds is 4. The molecule has 2 nitrogen and oxygen atoms in total. The predicted molar refractivity (Wildman–Crippen MR) is 77.8 cm³/mol. The van der Waals surface area contributed by atoms with Crippen molar-refractivity contribution >= 4 is 34.9 Å². The maximum absolute atomic E-state index is 11.8. The normalized spacial score (nSPS) is 10.3. The van der Waals surface area contributed by atoms with Gasteiger partial charge in [0.05, 0.1) is 5.57 Å². The Morgan fingerprint density at radius 3 is 2.67 bits per heavy atom. The second-order valence-electron chi connectivity index (χ2n) is 3.86. The van der Waals surface area contributed by atoms with Crippen molar-refractivity contribution < 1.29 is 9.53 Å². The van der Waals surface area contributed by atoms with Gasteiger partial charge >= 0.3 is 5.97 Å². The van der Waals surface area contributed by atoms with E-state index in [1.807, 2.05) is 42.5 Å². The maximum atomic E-state index is 11.8. The molecule has 0 saturated carbocycles. The van der Waals surface area contributed by atoms with E-state index in [1.54, 1.807) is 0 Å². The molecule has 0 spiro atoms. The van der Waals surface area contributed by atoms with E-state index in [1.165, 1.54) is 0 Å². The molecule has 0 aliphatic rings. The van der Waals surface area contributed by atoms with Crippen LogP contribution in [0.5, 0.6) is 0 Å². The van der Waals surface area contributed by atoms with E-state index in [9.17, 15) is 4.79 Å². The molecule has 0 heterocycles. The van der Waals surface area contributed by atoms with E-state index < -0.39 is 0 Å². The first-order chi connectivity index (χ1) is 8.74. The monoisotopic (exact) mass is 258 g/mol. The molecular formula is C15H14O2S. The Morgan fingerprint density at radius 2 is 1.89 bits per heavy atom.